The molecule has 6 heterocycles. The summed E-state index contributed by atoms with van der Waals surface area (Å²) in [5, 5.41) is 11.9. The second-order valence-electron chi connectivity index (χ2n) is 8.11. The second kappa shape index (κ2) is 8.16. The number of nitrogens with zero attached hydrogens (tertiary/aromatic N) is 7. The van der Waals surface area contributed by atoms with Crippen LogP contribution in [0.5, 0.6) is 0 Å². The Balaban J connectivity index is 1.44. The maximum Gasteiger partial charge on any atom is 0.159 e. The Hall–Kier alpha value is -4.44. The Labute approximate surface area is 194 Å². The number of fused-ring (bicyclic) bond motifs is 2. The van der Waals surface area contributed by atoms with Gasteiger partial charge in [-0.15, -0.1) is 0 Å². The van der Waals surface area contributed by atoms with E-state index in [0.29, 0.717) is 5.82 Å². The highest BCUT2D eigenvalue weighted by Gasteiger charge is 2.17. The first-order chi connectivity index (χ1) is 16.7. The predicted octanol–water partition coefficient (Wildman–Crippen LogP) is 3.56. The predicted molar refractivity (Wildman–Crippen MR) is 129 cm³/mol. The lowest BCUT2D eigenvalue weighted by Gasteiger charge is -2.05. The molecule has 0 saturated carbocycles. The van der Waals surface area contributed by atoms with Crippen LogP contribution in [0.2, 0.25) is 0 Å². The highest BCUT2D eigenvalue weighted by molar-refractivity contribution is 5.95. The largest absolute Gasteiger partial charge is 0.335 e. The molecule has 6 aromatic heterocycles. The van der Waals surface area contributed by atoms with Crippen molar-refractivity contribution >= 4 is 21.9 Å². The van der Waals surface area contributed by atoms with Crippen LogP contribution in [0.3, 0.4) is 0 Å². The van der Waals surface area contributed by atoms with E-state index in [9.17, 15) is 0 Å². The summed E-state index contributed by atoms with van der Waals surface area (Å²) in [4.78, 5) is 25.9. The van der Waals surface area contributed by atoms with Crippen LogP contribution in [0, 0.1) is 6.92 Å². The standard InChI is InChI=1S/C24H22N10/c1-3-25-6-15-4-16(8-26-7-15)18-5-17-19(10-28-18)32-33-22(17)24-30-20-9-27-11-21(23(20)31-24)34-12-14(2)29-13-34/h4-5,7-13,25H,3,6H2,1-2H3,(H,30,31)(H,32,33). The van der Waals surface area contributed by atoms with Gasteiger partial charge in [-0.25, -0.2) is 9.97 Å². The van der Waals surface area contributed by atoms with E-state index in [2.05, 4.69) is 53.4 Å². The Bertz CT molecular complexity index is 1620. The molecule has 10 heteroatoms. The van der Waals surface area contributed by atoms with Crippen LogP contribution in [0.15, 0.2) is 55.6 Å². The molecule has 0 aliphatic heterocycles. The van der Waals surface area contributed by atoms with Gasteiger partial charge in [0.05, 0.1) is 53.0 Å². The van der Waals surface area contributed by atoms with Crippen molar-refractivity contribution < 1.29 is 0 Å². The minimum absolute atomic E-state index is 0.656. The van der Waals surface area contributed by atoms with E-state index < -0.39 is 0 Å². The third-order valence-electron chi connectivity index (χ3n) is 5.71. The van der Waals surface area contributed by atoms with Gasteiger partial charge in [-0.3, -0.25) is 20.1 Å². The van der Waals surface area contributed by atoms with Crippen LogP contribution in [-0.2, 0) is 6.54 Å². The molecule has 0 aromatic carbocycles. The molecule has 0 saturated heterocycles. The maximum atomic E-state index is 4.87. The molecular formula is C24H22N10. The molecule has 0 fully saturated rings. The van der Waals surface area contributed by atoms with Gasteiger partial charge < -0.3 is 14.9 Å². The molecule has 6 aromatic rings. The number of aromatic amines is 2. The van der Waals surface area contributed by atoms with E-state index in [1.807, 2.05) is 36.1 Å². The number of hydrogen-bond donors (Lipinski definition) is 3. The minimum Gasteiger partial charge on any atom is -0.335 e. The highest BCUT2D eigenvalue weighted by Crippen LogP contribution is 2.30. The van der Waals surface area contributed by atoms with Crippen molar-refractivity contribution in [3.63, 3.8) is 0 Å². The third-order valence-corrected chi connectivity index (χ3v) is 5.71. The van der Waals surface area contributed by atoms with E-state index in [1.54, 1.807) is 24.9 Å². The lowest BCUT2D eigenvalue weighted by Crippen LogP contribution is -2.11. The monoisotopic (exact) mass is 450 g/mol. The first-order valence-electron chi connectivity index (χ1n) is 11.0. The third kappa shape index (κ3) is 3.50. The van der Waals surface area contributed by atoms with E-state index in [-0.39, 0.29) is 0 Å². The minimum atomic E-state index is 0.656. The van der Waals surface area contributed by atoms with Crippen LogP contribution < -0.4 is 5.32 Å². The lowest BCUT2D eigenvalue weighted by molar-refractivity contribution is 0.724. The molecular weight excluding hydrogens is 428 g/mol. The summed E-state index contributed by atoms with van der Waals surface area (Å²) in [6.45, 7) is 5.71. The fourth-order valence-electron chi connectivity index (χ4n) is 4.02. The quantitative estimate of drug-likeness (QED) is 0.354. The number of imidazole rings is 2. The summed E-state index contributed by atoms with van der Waals surface area (Å²) in [5.41, 5.74) is 7.85. The number of hydrogen-bond acceptors (Lipinski definition) is 7. The average Bonchev–Trinajstić information content (AvgIpc) is 3.59. The van der Waals surface area contributed by atoms with Crippen molar-refractivity contribution in [1.29, 1.82) is 0 Å². The topological polar surface area (TPSA) is 126 Å². The number of aryl methyl sites for hydroxylation is 1. The average molecular weight is 451 g/mol. The smallest absolute Gasteiger partial charge is 0.159 e. The van der Waals surface area contributed by atoms with Crippen LogP contribution in [-0.4, -0.2) is 51.2 Å². The van der Waals surface area contributed by atoms with Gasteiger partial charge in [0.1, 0.15) is 11.2 Å². The Morgan fingerprint density at radius 1 is 1.00 bits per heavy atom. The highest BCUT2D eigenvalue weighted by atomic mass is 15.1. The zero-order valence-electron chi connectivity index (χ0n) is 18.7. The van der Waals surface area contributed by atoms with Crippen molar-refractivity contribution in [2.24, 2.45) is 0 Å². The van der Waals surface area contributed by atoms with Crippen LogP contribution in [0.25, 0.3) is 50.4 Å². The zero-order valence-corrected chi connectivity index (χ0v) is 18.7. The Morgan fingerprint density at radius 2 is 1.91 bits per heavy atom. The van der Waals surface area contributed by atoms with Crippen LogP contribution in [0.1, 0.15) is 18.2 Å². The molecule has 0 aliphatic rings. The summed E-state index contributed by atoms with van der Waals surface area (Å²) >= 11 is 0. The van der Waals surface area contributed by atoms with Gasteiger partial charge in [-0.1, -0.05) is 6.92 Å². The SMILES string of the molecule is CCNCc1cncc(-c2cc3c(-c4nc5c(-n6cnc(C)c6)cncc5[nH]4)n[nH]c3cn2)c1. The Morgan fingerprint density at radius 3 is 2.76 bits per heavy atom. The summed E-state index contributed by atoms with van der Waals surface area (Å²) in [5.74, 6) is 0.656. The zero-order chi connectivity index (χ0) is 23.1. The maximum absolute atomic E-state index is 4.87. The molecule has 0 aliphatic carbocycles. The number of aromatic nitrogens is 9. The van der Waals surface area contributed by atoms with E-state index in [4.69, 9.17) is 4.98 Å². The number of nitrogens with one attached hydrogen (secondary N) is 3. The fraction of sp³-hybridized carbons (Fsp3) is 0.167. The van der Waals surface area contributed by atoms with Crippen molar-refractivity contribution in [3.8, 4) is 28.5 Å². The molecule has 0 atom stereocenters. The summed E-state index contributed by atoms with van der Waals surface area (Å²) < 4.78 is 1.92. The lowest BCUT2D eigenvalue weighted by atomic mass is 10.1. The molecule has 0 spiro atoms. The number of pyridine rings is 3. The van der Waals surface area contributed by atoms with Gasteiger partial charge in [0.2, 0.25) is 0 Å². The molecule has 0 bridgehead atoms. The number of H-pyrrole nitrogens is 2. The van der Waals surface area contributed by atoms with Gasteiger partial charge in [0, 0.05) is 36.1 Å². The van der Waals surface area contributed by atoms with Crippen molar-refractivity contribution in [2.45, 2.75) is 20.4 Å². The summed E-state index contributed by atoms with van der Waals surface area (Å²) in [6, 6.07) is 4.13. The van der Waals surface area contributed by atoms with E-state index >= 15 is 0 Å². The Kier molecular flexibility index (Phi) is 4.84. The first kappa shape index (κ1) is 20.2. The van der Waals surface area contributed by atoms with Crippen molar-refractivity contribution in [1.82, 2.24) is 50.0 Å². The first-order valence-corrected chi connectivity index (χ1v) is 11.0. The van der Waals surface area contributed by atoms with Crippen LogP contribution >= 0.6 is 0 Å². The molecule has 6 rings (SSSR count). The van der Waals surface area contributed by atoms with Gasteiger partial charge in [-0.05, 0) is 31.2 Å². The molecule has 3 N–H and O–H groups in total. The van der Waals surface area contributed by atoms with E-state index in [0.717, 1.165) is 68.9 Å². The molecule has 0 unspecified atom stereocenters. The van der Waals surface area contributed by atoms with E-state index in [1.165, 1.54) is 0 Å². The van der Waals surface area contributed by atoms with Gasteiger partial charge in [-0.2, -0.15) is 5.10 Å². The van der Waals surface area contributed by atoms with Gasteiger partial charge in [0.15, 0.2) is 5.82 Å². The van der Waals surface area contributed by atoms with Crippen molar-refractivity contribution in [3.05, 3.63) is 66.9 Å². The fourth-order valence-corrected chi connectivity index (χ4v) is 4.02. The number of rotatable bonds is 6. The summed E-state index contributed by atoms with van der Waals surface area (Å²) in [7, 11) is 0. The normalized spacial score (nSPS) is 11.6. The molecule has 168 valence electrons. The summed E-state index contributed by atoms with van der Waals surface area (Å²) in [6.07, 6.45) is 12.8. The molecule has 10 nitrogen and oxygen atoms in total. The van der Waals surface area contributed by atoms with Gasteiger partial charge >= 0.3 is 0 Å². The molecule has 34 heavy (non-hydrogen) atoms. The van der Waals surface area contributed by atoms with Crippen LogP contribution in [0.4, 0.5) is 0 Å². The molecule has 0 amide bonds. The van der Waals surface area contributed by atoms with Crippen molar-refractivity contribution in [2.75, 3.05) is 6.54 Å². The second-order valence-corrected chi connectivity index (χ2v) is 8.11. The molecule has 0 radical (unpaired) electrons. The van der Waals surface area contributed by atoms with Gasteiger partial charge in [0.25, 0.3) is 0 Å².